The fraction of sp³-hybridized carbons (Fsp3) is 0.200. The quantitative estimate of drug-likeness (QED) is 0.636. The van der Waals surface area contributed by atoms with Crippen LogP contribution in [0, 0.1) is 0 Å². The van der Waals surface area contributed by atoms with Crippen molar-refractivity contribution in [1.29, 1.82) is 0 Å². The van der Waals surface area contributed by atoms with E-state index in [-0.39, 0.29) is 0 Å². The van der Waals surface area contributed by atoms with Crippen molar-refractivity contribution in [2.45, 2.75) is 0 Å². The molecule has 0 saturated carbocycles. The number of hydrogen-bond acceptors (Lipinski definition) is 5. The maximum atomic E-state index is 11.8. The largest absolute Gasteiger partial charge is 0.483 e. The van der Waals surface area contributed by atoms with Gasteiger partial charge in [0.15, 0.2) is 0 Å². The molecule has 0 saturated heterocycles. The molecule has 0 aromatic heterocycles. The molecule has 0 radical (unpaired) electrons. The number of rotatable bonds is 3. The second-order valence-corrected chi connectivity index (χ2v) is 7.74. The molecular formula is C15H19O5PSi. The summed E-state index contributed by atoms with van der Waals surface area (Å²) in [6, 6.07) is 15.4. The summed E-state index contributed by atoms with van der Waals surface area (Å²) in [5, 5.41) is 0.821. The van der Waals surface area contributed by atoms with Gasteiger partial charge in [-0.25, -0.2) is 0 Å². The van der Waals surface area contributed by atoms with Crippen molar-refractivity contribution >= 4 is 22.9 Å². The van der Waals surface area contributed by atoms with Gasteiger partial charge in [-0.05, 0) is 17.7 Å². The number of hydrogen-bond donors (Lipinski definition) is 0. The van der Waals surface area contributed by atoms with Crippen LogP contribution in [-0.4, -0.2) is 30.9 Å². The van der Waals surface area contributed by atoms with Gasteiger partial charge in [0.2, 0.25) is 0 Å². The Morgan fingerprint density at radius 2 is 1.41 bits per heavy atom. The fourth-order valence-electron chi connectivity index (χ4n) is 2.12. The van der Waals surface area contributed by atoms with E-state index in [1.165, 1.54) is 0 Å². The lowest BCUT2D eigenvalue weighted by molar-refractivity contribution is 0.163. The number of para-hydroxylation sites is 1. The van der Waals surface area contributed by atoms with Gasteiger partial charge >= 0.3 is 9.53 Å². The third kappa shape index (κ3) is 3.85. The maximum Gasteiger partial charge on any atom is 0.483 e. The lowest BCUT2D eigenvalue weighted by atomic mass is 10.0. The van der Waals surface area contributed by atoms with Crippen LogP contribution >= 0.6 is 8.03 Å². The summed E-state index contributed by atoms with van der Waals surface area (Å²) < 4.78 is 31.4. The fourth-order valence-corrected chi connectivity index (χ4v) is 3.85. The Labute approximate surface area is 132 Å². The van der Waals surface area contributed by atoms with Crippen molar-refractivity contribution in [1.82, 2.24) is 0 Å². The molecule has 1 unspecified atom stereocenters. The molecule has 1 aliphatic rings. The Balaban J connectivity index is 0.000000217. The highest BCUT2D eigenvalue weighted by atomic mass is 31.1. The van der Waals surface area contributed by atoms with Gasteiger partial charge in [0.25, 0.3) is 8.03 Å². The van der Waals surface area contributed by atoms with Crippen molar-refractivity contribution in [2.24, 2.45) is 0 Å². The smallest absolute Gasteiger partial charge is 0.441 e. The summed E-state index contributed by atoms with van der Waals surface area (Å²) in [5.74, 6) is 0.722. The molecule has 118 valence electrons. The molecule has 3 rings (SSSR count). The second kappa shape index (κ2) is 8.27. The van der Waals surface area contributed by atoms with Gasteiger partial charge in [0.1, 0.15) is 5.75 Å². The van der Waals surface area contributed by atoms with Gasteiger partial charge in [0.05, 0.1) is 5.30 Å². The summed E-state index contributed by atoms with van der Waals surface area (Å²) in [6.07, 6.45) is 0. The van der Waals surface area contributed by atoms with Crippen LogP contribution in [-0.2, 0) is 17.8 Å². The monoisotopic (exact) mass is 338 g/mol. The van der Waals surface area contributed by atoms with Gasteiger partial charge in [-0.3, -0.25) is 4.57 Å². The number of benzene rings is 2. The van der Waals surface area contributed by atoms with Gasteiger partial charge in [0, 0.05) is 26.9 Å². The third-order valence-electron chi connectivity index (χ3n) is 3.10. The molecule has 1 heterocycles. The van der Waals surface area contributed by atoms with Crippen molar-refractivity contribution in [3.05, 3.63) is 48.5 Å². The summed E-state index contributed by atoms with van der Waals surface area (Å²) in [5.41, 5.74) is 2.06. The first-order valence-electron chi connectivity index (χ1n) is 6.70. The standard InChI is InChI=1S/C12H9O2P.C3H10O3Si/c13-15-12-8-4-2-6-10(12)9-5-1-3-7-11(9)14-15;1-4-7(5-2)6-3/h1-8,15H;7H,1-3H3. The summed E-state index contributed by atoms with van der Waals surface area (Å²) in [4.78, 5) is 0. The second-order valence-electron chi connectivity index (χ2n) is 4.43. The first-order valence-corrected chi connectivity index (χ1v) is 9.43. The molecule has 0 bridgehead atoms. The van der Waals surface area contributed by atoms with E-state index in [4.69, 9.17) is 17.8 Å². The number of fused-ring (bicyclic) bond motifs is 3. The molecule has 22 heavy (non-hydrogen) atoms. The molecule has 1 atom stereocenters. The van der Waals surface area contributed by atoms with Crippen LogP contribution < -0.4 is 9.83 Å². The minimum Gasteiger partial charge on any atom is -0.441 e. The van der Waals surface area contributed by atoms with E-state index >= 15 is 0 Å². The molecule has 2 aromatic rings. The van der Waals surface area contributed by atoms with Gasteiger partial charge < -0.3 is 17.8 Å². The molecule has 1 aliphatic heterocycles. The van der Waals surface area contributed by atoms with E-state index in [2.05, 4.69) is 0 Å². The molecule has 0 N–H and O–H groups in total. The van der Waals surface area contributed by atoms with Crippen LogP contribution in [0.1, 0.15) is 0 Å². The highest BCUT2D eigenvalue weighted by Gasteiger charge is 2.20. The summed E-state index contributed by atoms with van der Waals surface area (Å²) >= 11 is 0. The van der Waals surface area contributed by atoms with Crippen LogP contribution in [0.25, 0.3) is 11.1 Å². The van der Waals surface area contributed by atoms with E-state index in [1.807, 2.05) is 48.5 Å². The average Bonchev–Trinajstić information content (AvgIpc) is 2.57. The zero-order valence-corrected chi connectivity index (χ0v) is 14.9. The Hall–Kier alpha value is -1.43. The molecule has 0 fully saturated rings. The normalized spacial score (nSPS) is 15.2. The molecule has 0 spiro atoms. The molecule has 2 aromatic carbocycles. The average molecular weight is 338 g/mol. The first kappa shape index (κ1) is 16.9. The van der Waals surface area contributed by atoms with Crippen molar-refractivity contribution in [3.8, 4) is 16.9 Å². The molecular weight excluding hydrogens is 319 g/mol. The first-order chi connectivity index (χ1) is 10.7. The highest BCUT2D eigenvalue weighted by molar-refractivity contribution is 7.49. The van der Waals surface area contributed by atoms with Crippen LogP contribution in [0.3, 0.4) is 0 Å². The Kier molecular flexibility index (Phi) is 6.36. The lowest BCUT2D eigenvalue weighted by Crippen LogP contribution is -2.21. The summed E-state index contributed by atoms with van der Waals surface area (Å²) in [6.45, 7) is 0. The molecule has 5 nitrogen and oxygen atoms in total. The van der Waals surface area contributed by atoms with E-state index in [0.717, 1.165) is 22.2 Å². The third-order valence-corrected chi connectivity index (χ3v) is 5.54. The zero-order chi connectivity index (χ0) is 15.9. The van der Waals surface area contributed by atoms with Crippen molar-refractivity contribution in [2.75, 3.05) is 21.3 Å². The Morgan fingerprint density at radius 3 is 2.00 bits per heavy atom. The molecule has 0 amide bonds. The van der Waals surface area contributed by atoms with Gasteiger partial charge in [-0.2, -0.15) is 0 Å². The van der Waals surface area contributed by atoms with Gasteiger partial charge in [-0.1, -0.05) is 36.4 Å². The van der Waals surface area contributed by atoms with Crippen LogP contribution in [0.5, 0.6) is 5.75 Å². The molecule has 0 aliphatic carbocycles. The maximum absolute atomic E-state index is 11.8. The lowest BCUT2D eigenvalue weighted by Gasteiger charge is -2.19. The minimum atomic E-state index is -2.11. The Bertz CT molecular complexity index is 640. The SMILES string of the molecule is CO[SiH](OC)OC.O=[PH]1Oc2ccccc2-c2ccccc21. The van der Waals surface area contributed by atoms with Gasteiger partial charge in [-0.15, -0.1) is 0 Å². The van der Waals surface area contributed by atoms with E-state index in [9.17, 15) is 4.57 Å². The van der Waals surface area contributed by atoms with E-state index in [0.29, 0.717) is 0 Å². The molecule has 7 heteroatoms. The van der Waals surface area contributed by atoms with E-state index < -0.39 is 17.6 Å². The van der Waals surface area contributed by atoms with E-state index in [1.54, 1.807) is 21.3 Å². The minimum absolute atomic E-state index is 0.722. The highest BCUT2D eigenvalue weighted by Crippen LogP contribution is 2.41. The predicted molar refractivity (Wildman–Crippen MR) is 89.3 cm³/mol. The van der Waals surface area contributed by atoms with Crippen LogP contribution in [0.4, 0.5) is 0 Å². The predicted octanol–water partition coefficient (Wildman–Crippen LogP) is 2.49. The van der Waals surface area contributed by atoms with Crippen LogP contribution in [0.2, 0.25) is 0 Å². The van der Waals surface area contributed by atoms with Crippen molar-refractivity contribution in [3.63, 3.8) is 0 Å². The topological polar surface area (TPSA) is 54.0 Å². The van der Waals surface area contributed by atoms with Crippen molar-refractivity contribution < 1.29 is 22.4 Å². The Morgan fingerprint density at radius 1 is 0.864 bits per heavy atom. The zero-order valence-electron chi connectivity index (χ0n) is 12.7. The van der Waals surface area contributed by atoms with Crippen LogP contribution in [0.15, 0.2) is 48.5 Å². The summed E-state index contributed by atoms with van der Waals surface area (Å²) in [7, 11) is 0.937.